The van der Waals surface area contributed by atoms with Crippen molar-refractivity contribution in [2.75, 3.05) is 6.61 Å². The first kappa shape index (κ1) is 17.5. The lowest BCUT2D eigenvalue weighted by atomic mass is 10.1. The van der Waals surface area contributed by atoms with Crippen molar-refractivity contribution >= 4 is 0 Å². The molecule has 0 aliphatic carbocycles. The highest BCUT2D eigenvalue weighted by Gasteiger charge is 2.06. The van der Waals surface area contributed by atoms with Gasteiger partial charge in [0.05, 0.1) is 6.61 Å². The van der Waals surface area contributed by atoms with Gasteiger partial charge >= 0.3 is 0 Å². The zero-order valence-corrected chi connectivity index (χ0v) is 14.1. The summed E-state index contributed by atoms with van der Waals surface area (Å²) in [6.07, 6.45) is 8.63. The molecule has 23 heavy (non-hydrogen) atoms. The summed E-state index contributed by atoms with van der Waals surface area (Å²) in [6.45, 7) is 2.82. The highest BCUT2D eigenvalue weighted by atomic mass is 19.1. The molecule has 0 saturated carbocycles. The van der Waals surface area contributed by atoms with Gasteiger partial charge in [-0.05, 0) is 29.7 Å². The van der Waals surface area contributed by atoms with Crippen LogP contribution in [0.3, 0.4) is 0 Å². The van der Waals surface area contributed by atoms with Crippen LogP contribution in [-0.4, -0.2) is 6.61 Å². The fourth-order valence-electron chi connectivity index (χ4n) is 2.67. The third kappa shape index (κ3) is 6.05. The average Bonchev–Trinajstić information content (AvgIpc) is 2.59. The summed E-state index contributed by atoms with van der Waals surface area (Å²) in [4.78, 5) is 0. The fraction of sp³-hybridized carbons (Fsp3) is 0.429. The Morgan fingerprint density at radius 2 is 1.48 bits per heavy atom. The van der Waals surface area contributed by atoms with Gasteiger partial charge in [-0.2, -0.15) is 0 Å². The molecule has 124 valence electrons. The van der Waals surface area contributed by atoms with Gasteiger partial charge < -0.3 is 4.74 Å². The summed E-state index contributed by atoms with van der Waals surface area (Å²) in [6, 6.07) is 15.0. The van der Waals surface area contributed by atoms with E-state index in [9.17, 15) is 4.39 Å². The van der Waals surface area contributed by atoms with Crippen molar-refractivity contribution in [2.24, 2.45) is 0 Å². The Morgan fingerprint density at radius 1 is 0.783 bits per heavy atom. The van der Waals surface area contributed by atoms with Crippen molar-refractivity contribution in [3.8, 4) is 16.9 Å². The number of benzene rings is 2. The number of unbranched alkanes of at least 4 members (excludes halogenated alkanes) is 6. The molecule has 2 aromatic carbocycles. The van der Waals surface area contributed by atoms with Crippen LogP contribution >= 0.6 is 0 Å². The van der Waals surface area contributed by atoms with E-state index >= 15 is 0 Å². The van der Waals surface area contributed by atoms with Crippen molar-refractivity contribution < 1.29 is 9.13 Å². The number of hydrogen-bond donors (Lipinski definition) is 0. The predicted octanol–water partition coefficient (Wildman–Crippen LogP) is 6.62. The summed E-state index contributed by atoms with van der Waals surface area (Å²) in [7, 11) is 0. The second-order valence-corrected chi connectivity index (χ2v) is 5.98. The maximum Gasteiger partial charge on any atom is 0.165 e. The summed E-state index contributed by atoms with van der Waals surface area (Å²) < 4.78 is 19.7. The molecule has 2 aromatic rings. The maximum absolute atomic E-state index is 14.1. The first-order valence-electron chi connectivity index (χ1n) is 8.79. The largest absolute Gasteiger partial charge is 0.491 e. The Kier molecular flexibility index (Phi) is 7.65. The molecule has 0 radical (unpaired) electrons. The minimum atomic E-state index is -0.283. The highest BCUT2D eigenvalue weighted by Crippen LogP contribution is 2.25. The van der Waals surface area contributed by atoms with E-state index in [1.165, 1.54) is 32.1 Å². The first-order chi connectivity index (χ1) is 11.3. The molecule has 0 unspecified atom stereocenters. The van der Waals surface area contributed by atoms with Crippen molar-refractivity contribution in [3.05, 3.63) is 54.3 Å². The molecular weight excluding hydrogens is 287 g/mol. The lowest BCUT2D eigenvalue weighted by Gasteiger charge is -2.09. The molecule has 0 aliphatic rings. The molecule has 2 rings (SSSR count). The molecule has 0 saturated heterocycles. The van der Waals surface area contributed by atoms with Crippen LogP contribution in [0, 0.1) is 5.82 Å². The van der Waals surface area contributed by atoms with Crippen LogP contribution in [0.1, 0.15) is 51.9 Å². The van der Waals surface area contributed by atoms with E-state index in [1.54, 1.807) is 12.1 Å². The van der Waals surface area contributed by atoms with E-state index in [0.29, 0.717) is 12.4 Å². The molecule has 1 nitrogen and oxygen atoms in total. The highest BCUT2D eigenvalue weighted by molar-refractivity contribution is 5.64. The number of hydrogen-bond acceptors (Lipinski definition) is 1. The lowest BCUT2D eigenvalue weighted by Crippen LogP contribution is -1.99. The molecular formula is C21H27FO. The number of ether oxygens (including phenoxy) is 1. The fourth-order valence-corrected chi connectivity index (χ4v) is 2.67. The van der Waals surface area contributed by atoms with Crippen LogP contribution < -0.4 is 4.74 Å². The van der Waals surface area contributed by atoms with Crippen LogP contribution in [0.25, 0.3) is 11.1 Å². The molecule has 0 heterocycles. The smallest absolute Gasteiger partial charge is 0.165 e. The molecule has 0 spiro atoms. The zero-order valence-electron chi connectivity index (χ0n) is 14.1. The van der Waals surface area contributed by atoms with Gasteiger partial charge in [-0.3, -0.25) is 0 Å². The van der Waals surface area contributed by atoms with Crippen LogP contribution in [-0.2, 0) is 0 Å². The Bertz CT molecular complexity index is 565. The molecule has 0 amide bonds. The topological polar surface area (TPSA) is 9.23 Å². The second-order valence-electron chi connectivity index (χ2n) is 5.98. The Labute approximate surface area is 139 Å². The molecule has 0 aromatic heterocycles. The molecule has 2 heteroatoms. The third-order valence-electron chi connectivity index (χ3n) is 4.04. The van der Waals surface area contributed by atoms with Crippen LogP contribution in [0.2, 0.25) is 0 Å². The van der Waals surface area contributed by atoms with E-state index in [4.69, 9.17) is 4.74 Å². The van der Waals surface area contributed by atoms with Gasteiger partial charge in [0.15, 0.2) is 11.6 Å². The molecule has 0 N–H and O–H groups in total. The van der Waals surface area contributed by atoms with E-state index in [1.807, 2.05) is 36.4 Å². The number of halogens is 1. The van der Waals surface area contributed by atoms with E-state index in [-0.39, 0.29) is 5.82 Å². The first-order valence-corrected chi connectivity index (χ1v) is 8.79. The minimum absolute atomic E-state index is 0.283. The normalized spacial score (nSPS) is 10.7. The van der Waals surface area contributed by atoms with Gasteiger partial charge in [0.1, 0.15) is 0 Å². The number of rotatable bonds is 10. The molecule has 0 atom stereocenters. The maximum atomic E-state index is 14.1. The Balaban J connectivity index is 1.74. The van der Waals surface area contributed by atoms with Crippen LogP contribution in [0.5, 0.6) is 5.75 Å². The zero-order chi connectivity index (χ0) is 16.3. The third-order valence-corrected chi connectivity index (χ3v) is 4.04. The van der Waals surface area contributed by atoms with Gasteiger partial charge in [0.25, 0.3) is 0 Å². The van der Waals surface area contributed by atoms with Gasteiger partial charge in [-0.15, -0.1) is 0 Å². The van der Waals surface area contributed by atoms with Gasteiger partial charge in [0, 0.05) is 0 Å². The van der Waals surface area contributed by atoms with Crippen molar-refractivity contribution in [1.82, 2.24) is 0 Å². The standard InChI is InChI=1S/C21H27FO/c1-2-3-4-5-6-7-11-16-23-21-15-14-19(17-20(21)22)18-12-9-8-10-13-18/h8-10,12-15,17H,2-7,11,16H2,1H3. The van der Waals surface area contributed by atoms with Crippen LogP contribution in [0.4, 0.5) is 4.39 Å². The second kappa shape index (κ2) is 10.0. The SMILES string of the molecule is CCCCCCCCCOc1ccc(-c2ccccc2)cc1F. The molecule has 0 fully saturated rings. The predicted molar refractivity (Wildman–Crippen MR) is 95.3 cm³/mol. The van der Waals surface area contributed by atoms with Crippen molar-refractivity contribution in [2.45, 2.75) is 51.9 Å². The Morgan fingerprint density at radius 3 is 2.17 bits per heavy atom. The summed E-state index contributed by atoms with van der Waals surface area (Å²) in [5.74, 6) is 0.0740. The van der Waals surface area contributed by atoms with Gasteiger partial charge in [-0.25, -0.2) is 4.39 Å². The van der Waals surface area contributed by atoms with E-state index in [0.717, 1.165) is 24.0 Å². The molecule has 0 bridgehead atoms. The van der Waals surface area contributed by atoms with Crippen LogP contribution in [0.15, 0.2) is 48.5 Å². The lowest BCUT2D eigenvalue weighted by molar-refractivity contribution is 0.290. The summed E-state index contributed by atoms with van der Waals surface area (Å²) in [5.41, 5.74) is 1.90. The minimum Gasteiger partial charge on any atom is -0.491 e. The van der Waals surface area contributed by atoms with E-state index < -0.39 is 0 Å². The Hall–Kier alpha value is -1.83. The van der Waals surface area contributed by atoms with Gasteiger partial charge in [-0.1, -0.05) is 81.8 Å². The van der Waals surface area contributed by atoms with E-state index in [2.05, 4.69) is 6.92 Å². The monoisotopic (exact) mass is 314 g/mol. The average molecular weight is 314 g/mol. The summed E-state index contributed by atoms with van der Waals surface area (Å²) >= 11 is 0. The quantitative estimate of drug-likeness (QED) is 0.448. The van der Waals surface area contributed by atoms with Gasteiger partial charge in [0.2, 0.25) is 0 Å². The van der Waals surface area contributed by atoms with Crippen molar-refractivity contribution in [3.63, 3.8) is 0 Å². The molecule has 0 aliphatic heterocycles. The summed E-state index contributed by atoms with van der Waals surface area (Å²) in [5, 5.41) is 0. The van der Waals surface area contributed by atoms with Crippen molar-refractivity contribution in [1.29, 1.82) is 0 Å².